The Labute approximate surface area is 119 Å². The standard InChI is InChI=1S/C12H23ClN4S/c1-14-11(5-8-18-4)12-10(13)9-15-17(12)7-6-16(2)3/h9,11,14H,5-8H2,1-4H3. The van der Waals surface area contributed by atoms with Crippen LogP contribution in [-0.2, 0) is 6.54 Å². The summed E-state index contributed by atoms with van der Waals surface area (Å²) in [6.45, 7) is 1.83. The van der Waals surface area contributed by atoms with Crippen molar-refractivity contribution in [3.05, 3.63) is 16.9 Å². The molecule has 4 nitrogen and oxygen atoms in total. The minimum atomic E-state index is 0.273. The number of rotatable bonds is 8. The highest BCUT2D eigenvalue weighted by atomic mass is 35.5. The van der Waals surface area contributed by atoms with E-state index in [1.807, 2.05) is 23.5 Å². The SMILES string of the molecule is CNC(CCSC)c1c(Cl)cnn1CCN(C)C. The lowest BCUT2D eigenvalue weighted by molar-refractivity contribution is 0.363. The Bertz CT molecular complexity index is 354. The van der Waals surface area contributed by atoms with Crippen molar-refractivity contribution in [1.82, 2.24) is 20.0 Å². The van der Waals surface area contributed by atoms with E-state index in [1.165, 1.54) is 0 Å². The highest BCUT2D eigenvalue weighted by molar-refractivity contribution is 7.98. The van der Waals surface area contributed by atoms with Gasteiger partial charge in [-0.1, -0.05) is 11.6 Å². The fraction of sp³-hybridized carbons (Fsp3) is 0.750. The summed E-state index contributed by atoms with van der Waals surface area (Å²) in [5.74, 6) is 1.11. The molecule has 0 fully saturated rings. The number of hydrogen-bond donors (Lipinski definition) is 1. The Hall–Kier alpha value is -0.230. The zero-order valence-electron chi connectivity index (χ0n) is 11.6. The lowest BCUT2D eigenvalue weighted by Gasteiger charge is -2.19. The Morgan fingerprint density at radius 3 is 2.83 bits per heavy atom. The van der Waals surface area contributed by atoms with Crippen LogP contribution in [0, 0.1) is 0 Å². The van der Waals surface area contributed by atoms with Gasteiger partial charge in [-0.3, -0.25) is 4.68 Å². The van der Waals surface area contributed by atoms with Crippen LogP contribution >= 0.6 is 23.4 Å². The monoisotopic (exact) mass is 290 g/mol. The molecule has 104 valence electrons. The van der Waals surface area contributed by atoms with E-state index >= 15 is 0 Å². The van der Waals surface area contributed by atoms with Crippen LogP contribution < -0.4 is 5.32 Å². The normalized spacial score (nSPS) is 13.2. The second kappa shape index (κ2) is 8.04. The molecule has 6 heteroatoms. The minimum Gasteiger partial charge on any atom is -0.312 e. The van der Waals surface area contributed by atoms with E-state index in [9.17, 15) is 0 Å². The van der Waals surface area contributed by atoms with Gasteiger partial charge in [0.1, 0.15) is 0 Å². The number of nitrogens with zero attached hydrogens (tertiary/aromatic N) is 3. The highest BCUT2D eigenvalue weighted by Gasteiger charge is 2.18. The van der Waals surface area contributed by atoms with Crippen molar-refractivity contribution < 1.29 is 0 Å². The Morgan fingerprint density at radius 2 is 2.28 bits per heavy atom. The van der Waals surface area contributed by atoms with Crippen molar-refractivity contribution in [2.45, 2.75) is 19.0 Å². The maximum absolute atomic E-state index is 6.27. The van der Waals surface area contributed by atoms with Gasteiger partial charge in [0.15, 0.2) is 0 Å². The first-order valence-corrected chi connectivity index (χ1v) is 7.89. The van der Waals surface area contributed by atoms with Gasteiger partial charge in [0.05, 0.1) is 29.5 Å². The van der Waals surface area contributed by atoms with E-state index in [0.717, 1.165) is 36.0 Å². The molecule has 1 N–H and O–H groups in total. The third kappa shape index (κ3) is 4.46. The molecule has 0 bridgehead atoms. The number of aromatic nitrogens is 2. The van der Waals surface area contributed by atoms with E-state index in [1.54, 1.807) is 6.20 Å². The highest BCUT2D eigenvalue weighted by Crippen LogP contribution is 2.25. The molecule has 0 spiro atoms. The summed E-state index contributed by atoms with van der Waals surface area (Å²) in [5.41, 5.74) is 1.11. The Morgan fingerprint density at radius 1 is 1.56 bits per heavy atom. The van der Waals surface area contributed by atoms with Crippen molar-refractivity contribution in [1.29, 1.82) is 0 Å². The molecule has 1 rings (SSSR count). The van der Waals surface area contributed by atoms with Crippen LogP contribution in [0.15, 0.2) is 6.20 Å². The fourth-order valence-corrected chi connectivity index (χ4v) is 2.59. The lowest BCUT2D eigenvalue weighted by atomic mass is 10.1. The third-order valence-corrected chi connectivity index (χ3v) is 3.82. The second-order valence-corrected chi connectivity index (χ2v) is 5.92. The molecule has 0 aliphatic rings. The van der Waals surface area contributed by atoms with E-state index in [-0.39, 0.29) is 6.04 Å². The first-order valence-electron chi connectivity index (χ1n) is 6.12. The molecule has 0 saturated heterocycles. The molecule has 18 heavy (non-hydrogen) atoms. The van der Waals surface area contributed by atoms with Crippen molar-refractivity contribution in [2.75, 3.05) is 39.7 Å². The predicted octanol–water partition coefficient (Wildman–Crippen LogP) is 2.11. The molecule has 0 saturated carbocycles. The van der Waals surface area contributed by atoms with E-state index in [4.69, 9.17) is 11.6 Å². The maximum atomic E-state index is 6.27. The molecule has 0 aromatic carbocycles. The summed E-state index contributed by atoms with van der Waals surface area (Å²) in [4.78, 5) is 2.15. The van der Waals surface area contributed by atoms with Crippen LogP contribution in [0.5, 0.6) is 0 Å². The molecule has 1 aromatic rings. The summed E-state index contributed by atoms with van der Waals surface area (Å²) in [6.07, 6.45) is 4.93. The van der Waals surface area contributed by atoms with E-state index in [0.29, 0.717) is 0 Å². The van der Waals surface area contributed by atoms with Crippen LogP contribution in [0.25, 0.3) is 0 Å². The zero-order chi connectivity index (χ0) is 13.5. The van der Waals surface area contributed by atoms with Crippen LogP contribution in [0.2, 0.25) is 5.02 Å². The largest absolute Gasteiger partial charge is 0.312 e. The lowest BCUT2D eigenvalue weighted by Crippen LogP contribution is -2.25. The Balaban J connectivity index is 2.80. The molecule has 0 aliphatic carbocycles. The summed E-state index contributed by atoms with van der Waals surface area (Å²) in [6, 6.07) is 0.273. The molecule has 0 radical (unpaired) electrons. The van der Waals surface area contributed by atoms with Crippen LogP contribution in [0.1, 0.15) is 18.2 Å². The molecule has 1 heterocycles. The zero-order valence-corrected chi connectivity index (χ0v) is 13.2. The number of likely N-dealkylation sites (N-methyl/N-ethyl adjacent to an activating group) is 1. The smallest absolute Gasteiger partial charge is 0.0834 e. The minimum absolute atomic E-state index is 0.273. The first kappa shape index (κ1) is 15.8. The second-order valence-electron chi connectivity index (χ2n) is 4.53. The van der Waals surface area contributed by atoms with Gasteiger partial charge in [-0.2, -0.15) is 16.9 Å². The number of halogens is 1. The van der Waals surface area contributed by atoms with Crippen LogP contribution in [0.3, 0.4) is 0 Å². The average molecular weight is 291 g/mol. The summed E-state index contributed by atoms with van der Waals surface area (Å²) >= 11 is 8.12. The molecule has 1 unspecified atom stereocenters. The van der Waals surface area contributed by atoms with Crippen molar-refractivity contribution in [2.24, 2.45) is 0 Å². The van der Waals surface area contributed by atoms with Gasteiger partial charge in [0.2, 0.25) is 0 Å². The third-order valence-electron chi connectivity index (χ3n) is 2.88. The fourth-order valence-electron chi connectivity index (χ4n) is 1.84. The van der Waals surface area contributed by atoms with Gasteiger partial charge in [-0.15, -0.1) is 0 Å². The van der Waals surface area contributed by atoms with E-state index in [2.05, 4.69) is 35.7 Å². The molecular weight excluding hydrogens is 268 g/mol. The van der Waals surface area contributed by atoms with E-state index < -0.39 is 0 Å². The predicted molar refractivity (Wildman–Crippen MR) is 80.6 cm³/mol. The molecule has 1 aromatic heterocycles. The maximum Gasteiger partial charge on any atom is 0.0834 e. The topological polar surface area (TPSA) is 33.1 Å². The number of nitrogens with one attached hydrogen (secondary N) is 1. The summed E-state index contributed by atoms with van der Waals surface area (Å²) in [5, 5.41) is 8.47. The van der Waals surface area contributed by atoms with Crippen molar-refractivity contribution >= 4 is 23.4 Å². The molecule has 0 amide bonds. The van der Waals surface area contributed by atoms with Crippen molar-refractivity contribution in [3.8, 4) is 0 Å². The summed E-state index contributed by atoms with van der Waals surface area (Å²) in [7, 11) is 6.10. The van der Waals surface area contributed by atoms with Gasteiger partial charge in [0, 0.05) is 6.54 Å². The molecule has 1 atom stereocenters. The van der Waals surface area contributed by atoms with Gasteiger partial charge >= 0.3 is 0 Å². The van der Waals surface area contributed by atoms with Gasteiger partial charge < -0.3 is 10.2 Å². The molecule has 0 aliphatic heterocycles. The van der Waals surface area contributed by atoms with Crippen molar-refractivity contribution in [3.63, 3.8) is 0 Å². The number of thioether (sulfide) groups is 1. The first-order chi connectivity index (χ1) is 8.60. The van der Waals surface area contributed by atoms with Gasteiger partial charge in [-0.05, 0) is 39.6 Å². The summed E-state index contributed by atoms with van der Waals surface area (Å²) < 4.78 is 2.02. The van der Waals surface area contributed by atoms with Gasteiger partial charge in [-0.25, -0.2) is 0 Å². The Kier molecular flexibility index (Phi) is 7.07. The average Bonchev–Trinajstić information content (AvgIpc) is 2.70. The van der Waals surface area contributed by atoms with Gasteiger partial charge in [0.25, 0.3) is 0 Å². The number of hydrogen-bond acceptors (Lipinski definition) is 4. The molecular formula is C12H23ClN4S. The quantitative estimate of drug-likeness (QED) is 0.795. The van der Waals surface area contributed by atoms with Crippen LogP contribution in [-0.4, -0.2) is 54.4 Å². The van der Waals surface area contributed by atoms with Crippen LogP contribution in [0.4, 0.5) is 0 Å².